The van der Waals surface area contributed by atoms with Gasteiger partial charge in [0.25, 0.3) is 0 Å². The van der Waals surface area contributed by atoms with Gasteiger partial charge >= 0.3 is 0 Å². The summed E-state index contributed by atoms with van der Waals surface area (Å²) in [6, 6.07) is 20.6. The molecular formula is C31H33N3O5S. The van der Waals surface area contributed by atoms with Crippen LogP contribution in [0, 0.1) is 0 Å². The molecule has 2 aliphatic heterocycles. The molecule has 1 N–H and O–H groups in total. The van der Waals surface area contributed by atoms with E-state index >= 15 is 0 Å². The highest BCUT2D eigenvalue weighted by atomic mass is 32.2. The Hall–Kier alpha value is -3.50. The molecule has 2 fully saturated rings. The minimum atomic E-state index is -3.58. The highest BCUT2D eigenvalue weighted by Crippen LogP contribution is 2.30. The van der Waals surface area contributed by atoms with E-state index in [1.165, 1.54) is 4.31 Å². The van der Waals surface area contributed by atoms with Gasteiger partial charge in [0.2, 0.25) is 10.0 Å². The SMILES string of the molecule is CC1CN(c2ccc(-c3c[nH]c4c(-c5ccc(S(=O)(=O)N6CCOCC6)cc5)cccc4c3=O)cc2)CC(C)O1. The van der Waals surface area contributed by atoms with Crippen molar-refractivity contribution in [3.63, 3.8) is 0 Å². The van der Waals surface area contributed by atoms with Crippen molar-refractivity contribution < 1.29 is 17.9 Å². The first-order chi connectivity index (χ1) is 19.3. The fraction of sp³-hybridized carbons (Fsp3) is 0.323. The first kappa shape index (κ1) is 26.7. The number of para-hydroxylation sites is 1. The van der Waals surface area contributed by atoms with Gasteiger partial charge in [-0.05, 0) is 55.3 Å². The fourth-order valence-corrected chi connectivity index (χ4v) is 7.10. The first-order valence-electron chi connectivity index (χ1n) is 13.6. The number of rotatable bonds is 5. The molecule has 0 aliphatic carbocycles. The van der Waals surface area contributed by atoms with E-state index in [0.29, 0.717) is 42.8 Å². The number of fused-ring (bicyclic) bond motifs is 1. The van der Waals surface area contributed by atoms with Crippen molar-refractivity contribution in [2.75, 3.05) is 44.3 Å². The molecule has 40 heavy (non-hydrogen) atoms. The molecule has 4 aromatic rings. The Labute approximate surface area is 234 Å². The maximum atomic E-state index is 13.6. The lowest BCUT2D eigenvalue weighted by Gasteiger charge is -2.36. The van der Waals surface area contributed by atoms with E-state index in [2.05, 4.69) is 35.9 Å². The molecule has 9 heteroatoms. The normalized spacial score (nSPS) is 20.6. The number of hydrogen-bond donors (Lipinski definition) is 1. The molecule has 3 heterocycles. The zero-order valence-electron chi connectivity index (χ0n) is 22.7. The van der Waals surface area contributed by atoms with Crippen LogP contribution in [0.4, 0.5) is 5.69 Å². The molecule has 2 aliphatic rings. The highest BCUT2D eigenvalue weighted by Gasteiger charge is 2.26. The van der Waals surface area contributed by atoms with E-state index in [1.807, 2.05) is 30.3 Å². The number of aromatic amines is 1. The Morgan fingerprint density at radius 1 is 0.825 bits per heavy atom. The number of morpholine rings is 2. The lowest BCUT2D eigenvalue weighted by Crippen LogP contribution is -2.45. The van der Waals surface area contributed by atoms with E-state index in [-0.39, 0.29) is 22.5 Å². The second-order valence-corrected chi connectivity index (χ2v) is 12.4. The molecule has 1 aromatic heterocycles. The third-order valence-electron chi connectivity index (χ3n) is 7.65. The minimum Gasteiger partial charge on any atom is -0.379 e. The predicted octanol–water partition coefficient (Wildman–Crippen LogP) is 4.50. The van der Waals surface area contributed by atoms with Crippen LogP contribution >= 0.6 is 0 Å². The third kappa shape index (κ3) is 5.06. The zero-order valence-corrected chi connectivity index (χ0v) is 23.5. The summed E-state index contributed by atoms with van der Waals surface area (Å²) in [4.78, 5) is 19.5. The van der Waals surface area contributed by atoms with Gasteiger partial charge in [0.15, 0.2) is 5.43 Å². The number of sulfonamides is 1. The topological polar surface area (TPSA) is 91.9 Å². The van der Waals surface area contributed by atoms with Crippen LogP contribution in [-0.2, 0) is 19.5 Å². The number of anilines is 1. The van der Waals surface area contributed by atoms with Gasteiger partial charge in [0, 0.05) is 54.6 Å². The monoisotopic (exact) mass is 559 g/mol. The molecule has 8 nitrogen and oxygen atoms in total. The molecule has 2 atom stereocenters. The van der Waals surface area contributed by atoms with Gasteiger partial charge in [-0.25, -0.2) is 8.42 Å². The first-order valence-corrected chi connectivity index (χ1v) is 15.1. The van der Waals surface area contributed by atoms with Crippen molar-refractivity contribution >= 4 is 26.6 Å². The summed E-state index contributed by atoms with van der Waals surface area (Å²) >= 11 is 0. The molecule has 2 saturated heterocycles. The van der Waals surface area contributed by atoms with E-state index in [0.717, 1.165) is 35.5 Å². The summed E-state index contributed by atoms with van der Waals surface area (Å²) in [7, 11) is -3.58. The van der Waals surface area contributed by atoms with Crippen molar-refractivity contribution in [1.82, 2.24) is 9.29 Å². The number of benzene rings is 3. The fourth-order valence-electron chi connectivity index (χ4n) is 5.69. The standard InChI is InChI=1S/C31H33N3O5S/c1-21-19-33(20-22(2)39-21)25-10-6-24(7-11-25)29-18-32-30-27(4-3-5-28(30)31(29)35)23-8-12-26(13-9-23)40(36,37)34-14-16-38-17-15-34/h3-13,18,21-22H,14-17,19-20H2,1-2H3,(H,32,35). The van der Waals surface area contributed by atoms with E-state index in [1.54, 1.807) is 30.5 Å². The number of hydrogen-bond acceptors (Lipinski definition) is 6. The van der Waals surface area contributed by atoms with Crippen LogP contribution in [0.15, 0.2) is 82.6 Å². The maximum absolute atomic E-state index is 13.6. The van der Waals surface area contributed by atoms with Crippen LogP contribution in [0.1, 0.15) is 13.8 Å². The average molecular weight is 560 g/mol. The van der Waals surface area contributed by atoms with Crippen molar-refractivity contribution in [3.8, 4) is 22.3 Å². The molecule has 0 saturated carbocycles. The van der Waals surface area contributed by atoms with Crippen LogP contribution in [0.3, 0.4) is 0 Å². The molecule has 6 rings (SSSR count). The lowest BCUT2D eigenvalue weighted by atomic mass is 9.99. The summed E-state index contributed by atoms with van der Waals surface area (Å²) in [6.45, 7) is 7.35. The molecule has 0 spiro atoms. The van der Waals surface area contributed by atoms with E-state index in [4.69, 9.17) is 9.47 Å². The smallest absolute Gasteiger partial charge is 0.243 e. The molecule has 2 unspecified atom stereocenters. The molecular weight excluding hydrogens is 526 g/mol. The lowest BCUT2D eigenvalue weighted by molar-refractivity contribution is -0.00521. The van der Waals surface area contributed by atoms with Crippen molar-refractivity contribution in [2.24, 2.45) is 0 Å². The summed E-state index contributed by atoms with van der Waals surface area (Å²) < 4.78 is 38.6. The summed E-state index contributed by atoms with van der Waals surface area (Å²) in [6.07, 6.45) is 2.11. The third-order valence-corrected chi connectivity index (χ3v) is 9.56. The van der Waals surface area contributed by atoms with E-state index < -0.39 is 10.0 Å². The number of H-pyrrole nitrogens is 1. The summed E-state index contributed by atoms with van der Waals surface area (Å²) in [5.41, 5.74) is 4.90. The van der Waals surface area contributed by atoms with Crippen LogP contribution < -0.4 is 10.3 Å². The Morgan fingerprint density at radius 3 is 2.12 bits per heavy atom. The second kappa shape index (κ2) is 10.8. The van der Waals surface area contributed by atoms with Crippen molar-refractivity contribution in [2.45, 2.75) is 31.0 Å². The number of ether oxygens (including phenoxy) is 2. The average Bonchev–Trinajstić information content (AvgIpc) is 2.97. The quantitative estimate of drug-likeness (QED) is 0.387. The van der Waals surface area contributed by atoms with Gasteiger partial charge in [-0.2, -0.15) is 4.31 Å². The second-order valence-electron chi connectivity index (χ2n) is 10.5. The van der Waals surface area contributed by atoms with Crippen LogP contribution in [0.25, 0.3) is 33.2 Å². The molecule has 0 radical (unpaired) electrons. The summed E-state index contributed by atoms with van der Waals surface area (Å²) in [5.74, 6) is 0. The number of aromatic nitrogens is 1. The summed E-state index contributed by atoms with van der Waals surface area (Å²) in [5, 5.41) is 0.583. The highest BCUT2D eigenvalue weighted by molar-refractivity contribution is 7.89. The molecule has 208 valence electrons. The number of pyridine rings is 1. The largest absolute Gasteiger partial charge is 0.379 e. The van der Waals surface area contributed by atoms with Gasteiger partial charge in [0.1, 0.15) is 0 Å². The Morgan fingerprint density at radius 2 is 1.45 bits per heavy atom. The van der Waals surface area contributed by atoms with E-state index in [9.17, 15) is 13.2 Å². The van der Waals surface area contributed by atoms with Crippen LogP contribution in [-0.4, -0.2) is 69.3 Å². The molecule has 0 bridgehead atoms. The Balaban J connectivity index is 1.29. The maximum Gasteiger partial charge on any atom is 0.243 e. The van der Waals surface area contributed by atoms with Crippen LogP contribution in [0.2, 0.25) is 0 Å². The predicted molar refractivity (Wildman–Crippen MR) is 157 cm³/mol. The minimum absolute atomic E-state index is 0.0523. The van der Waals surface area contributed by atoms with Gasteiger partial charge in [-0.3, -0.25) is 4.79 Å². The van der Waals surface area contributed by atoms with Gasteiger partial charge in [-0.1, -0.05) is 36.4 Å². The van der Waals surface area contributed by atoms with Crippen molar-refractivity contribution in [3.05, 3.63) is 83.2 Å². The van der Waals surface area contributed by atoms with Gasteiger partial charge in [0.05, 0.1) is 35.8 Å². The number of nitrogens with one attached hydrogen (secondary N) is 1. The van der Waals surface area contributed by atoms with Crippen molar-refractivity contribution in [1.29, 1.82) is 0 Å². The van der Waals surface area contributed by atoms with Crippen LogP contribution in [0.5, 0.6) is 0 Å². The van der Waals surface area contributed by atoms with Gasteiger partial charge in [-0.15, -0.1) is 0 Å². The molecule has 0 amide bonds. The van der Waals surface area contributed by atoms with Gasteiger partial charge < -0.3 is 19.4 Å². The Kier molecular flexibility index (Phi) is 7.22. The zero-order chi connectivity index (χ0) is 27.9. The number of nitrogens with zero attached hydrogens (tertiary/aromatic N) is 2. The Bertz CT molecular complexity index is 1670. The molecule has 3 aromatic carbocycles.